The molecule has 0 aliphatic carbocycles. The number of amides is 3. The Balaban J connectivity index is 1.53. The molecule has 3 rings (SSSR count). The quantitative estimate of drug-likeness (QED) is 0.820. The van der Waals surface area contributed by atoms with Crippen molar-refractivity contribution < 1.29 is 14.3 Å². The molecule has 6 heteroatoms. The molecule has 2 aromatic rings. The largest absolute Gasteiger partial charge is 0.492 e. The van der Waals surface area contributed by atoms with Crippen molar-refractivity contribution in [1.29, 1.82) is 0 Å². The number of ether oxygens (including phenoxy) is 1. The van der Waals surface area contributed by atoms with Gasteiger partial charge in [0.2, 0.25) is 0 Å². The molecule has 1 N–H and O–H groups in total. The van der Waals surface area contributed by atoms with E-state index in [9.17, 15) is 9.59 Å². The Labute approximate surface area is 145 Å². The summed E-state index contributed by atoms with van der Waals surface area (Å²) in [6.45, 7) is 0.442. The number of carbonyl (C=O) groups excluding carboxylic acids is 2. The van der Waals surface area contributed by atoms with Gasteiger partial charge >= 0.3 is 6.03 Å². The SMILES string of the molecule is O=C1NC(Cc2ccccc2)C(=O)N1CCOc1ccc(Cl)cc1. The first-order valence-electron chi connectivity index (χ1n) is 7.67. The van der Waals surface area contributed by atoms with Crippen molar-refractivity contribution in [3.05, 3.63) is 65.2 Å². The summed E-state index contributed by atoms with van der Waals surface area (Å²) in [4.78, 5) is 25.6. The second-order valence-electron chi connectivity index (χ2n) is 5.48. The van der Waals surface area contributed by atoms with Gasteiger partial charge in [0.15, 0.2) is 0 Å². The summed E-state index contributed by atoms with van der Waals surface area (Å²) < 4.78 is 5.54. The molecule has 0 saturated carbocycles. The van der Waals surface area contributed by atoms with Gasteiger partial charge in [-0.25, -0.2) is 4.79 Å². The molecule has 1 atom stereocenters. The number of halogens is 1. The minimum absolute atomic E-state index is 0.207. The predicted molar refractivity (Wildman–Crippen MR) is 91.1 cm³/mol. The molecule has 1 saturated heterocycles. The Bertz CT molecular complexity index is 719. The van der Waals surface area contributed by atoms with Gasteiger partial charge in [0.1, 0.15) is 18.4 Å². The zero-order valence-electron chi connectivity index (χ0n) is 12.9. The van der Waals surface area contributed by atoms with Crippen LogP contribution in [-0.2, 0) is 11.2 Å². The molecule has 1 unspecified atom stereocenters. The Hall–Kier alpha value is -2.53. The predicted octanol–water partition coefficient (Wildman–Crippen LogP) is 2.88. The molecule has 2 aromatic carbocycles. The van der Waals surface area contributed by atoms with Crippen LogP contribution in [-0.4, -0.2) is 36.0 Å². The van der Waals surface area contributed by atoms with Crippen LogP contribution in [0.3, 0.4) is 0 Å². The van der Waals surface area contributed by atoms with E-state index in [4.69, 9.17) is 16.3 Å². The Morgan fingerprint density at radius 1 is 1.04 bits per heavy atom. The van der Waals surface area contributed by atoms with Crippen molar-refractivity contribution in [2.75, 3.05) is 13.2 Å². The van der Waals surface area contributed by atoms with E-state index in [2.05, 4.69) is 5.32 Å². The lowest BCUT2D eigenvalue weighted by atomic mass is 10.1. The molecule has 1 aliphatic heterocycles. The van der Waals surface area contributed by atoms with E-state index in [0.717, 1.165) is 5.56 Å². The highest BCUT2D eigenvalue weighted by Crippen LogP contribution is 2.16. The highest BCUT2D eigenvalue weighted by Gasteiger charge is 2.37. The third-order valence-electron chi connectivity index (χ3n) is 3.79. The topological polar surface area (TPSA) is 58.6 Å². The number of nitrogens with one attached hydrogen (secondary N) is 1. The van der Waals surface area contributed by atoms with Crippen LogP contribution in [0.4, 0.5) is 4.79 Å². The molecular weight excluding hydrogens is 328 g/mol. The number of rotatable bonds is 6. The van der Waals surface area contributed by atoms with Gasteiger partial charge in [0.05, 0.1) is 6.54 Å². The van der Waals surface area contributed by atoms with Gasteiger partial charge in [-0.1, -0.05) is 41.9 Å². The molecule has 0 spiro atoms. The summed E-state index contributed by atoms with van der Waals surface area (Å²) in [5.74, 6) is 0.427. The van der Waals surface area contributed by atoms with Crippen molar-refractivity contribution in [3.63, 3.8) is 0 Å². The van der Waals surface area contributed by atoms with Gasteiger partial charge in [0.25, 0.3) is 5.91 Å². The second-order valence-corrected chi connectivity index (χ2v) is 5.92. The zero-order chi connectivity index (χ0) is 16.9. The van der Waals surface area contributed by atoms with Gasteiger partial charge in [-0.15, -0.1) is 0 Å². The van der Waals surface area contributed by atoms with Gasteiger partial charge in [0, 0.05) is 11.4 Å². The van der Waals surface area contributed by atoms with Crippen molar-refractivity contribution in [2.45, 2.75) is 12.5 Å². The van der Waals surface area contributed by atoms with Gasteiger partial charge in [-0.05, 0) is 29.8 Å². The third kappa shape index (κ3) is 3.86. The standard InChI is InChI=1S/C18H17ClN2O3/c19-14-6-8-15(9-7-14)24-11-10-21-17(22)16(20-18(21)23)12-13-4-2-1-3-5-13/h1-9,16H,10-12H2,(H,20,23). The van der Waals surface area contributed by atoms with Gasteiger partial charge < -0.3 is 10.1 Å². The average Bonchev–Trinajstić information content (AvgIpc) is 2.85. The van der Waals surface area contributed by atoms with E-state index < -0.39 is 6.04 Å². The fourth-order valence-corrected chi connectivity index (χ4v) is 2.69. The average molecular weight is 345 g/mol. The summed E-state index contributed by atoms with van der Waals surface area (Å²) in [5, 5.41) is 3.35. The van der Waals surface area contributed by atoms with Crippen LogP contribution >= 0.6 is 11.6 Å². The van der Waals surface area contributed by atoms with E-state index in [1.165, 1.54) is 4.90 Å². The maximum atomic E-state index is 12.4. The molecule has 1 aliphatic rings. The Morgan fingerprint density at radius 3 is 2.46 bits per heavy atom. The van der Waals surface area contributed by atoms with Crippen LogP contribution in [0.25, 0.3) is 0 Å². The second kappa shape index (κ2) is 7.36. The summed E-state index contributed by atoms with van der Waals surface area (Å²) >= 11 is 5.81. The van der Waals surface area contributed by atoms with Crippen LogP contribution in [0, 0.1) is 0 Å². The first-order valence-corrected chi connectivity index (χ1v) is 8.05. The molecule has 0 radical (unpaired) electrons. The first-order chi connectivity index (χ1) is 11.6. The molecule has 3 amide bonds. The van der Waals surface area contributed by atoms with Crippen LogP contribution < -0.4 is 10.1 Å². The maximum Gasteiger partial charge on any atom is 0.324 e. The number of benzene rings is 2. The summed E-state index contributed by atoms with van der Waals surface area (Å²) in [7, 11) is 0. The first kappa shape index (κ1) is 16.3. The summed E-state index contributed by atoms with van der Waals surface area (Å²) in [5.41, 5.74) is 1.01. The van der Waals surface area contributed by atoms with E-state index in [1.54, 1.807) is 24.3 Å². The molecular formula is C18H17ClN2O3. The molecule has 1 fully saturated rings. The number of carbonyl (C=O) groups is 2. The fourth-order valence-electron chi connectivity index (χ4n) is 2.56. The third-order valence-corrected chi connectivity index (χ3v) is 4.04. The van der Waals surface area contributed by atoms with Crippen LogP contribution in [0.2, 0.25) is 5.02 Å². The molecule has 0 bridgehead atoms. The molecule has 24 heavy (non-hydrogen) atoms. The highest BCUT2D eigenvalue weighted by molar-refractivity contribution is 6.30. The fraction of sp³-hybridized carbons (Fsp3) is 0.222. The number of urea groups is 1. The Morgan fingerprint density at radius 2 is 1.75 bits per heavy atom. The molecule has 1 heterocycles. The van der Waals surface area contributed by atoms with Crippen LogP contribution in [0.15, 0.2) is 54.6 Å². The van der Waals surface area contributed by atoms with Gasteiger partial charge in [-0.3, -0.25) is 9.69 Å². The number of hydrogen-bond acceptors (Lipinski definition) is 3. The Kier molecular flexibility index (Phi) is 5.01. The lowest BCUT2D eigenvalue weighted by molar-refractivity contribution is -0.127. The van der Waals surface area contributed by atoms with E-state index in [-0.39, 0.29) is 25.1 Å². The normalized spacial score (nSPS) is 17.0. The minimum atomic E-state index is -0.518. The van der Waals surface area contributed by atoms with Crippen molar-refractivity contribution in [2.24, 2.45) is 0 Å². The number of nitrogens with zero attached hydrogens (tertiary/aromatic N) is 1. The van der Waals surface area contributed by atoms with E-state index in [0.29, 0.717) is 17.2 Å². The number of hydrogen-bond donors (Lipinski definition) is 1. The van der Waals surface area contributed by atoms with Crippen LogP contribution in [0.5, 0.6) is 5.75 Å². The van der Waals surface area contributed by atoms with Crippen LogP contribution in [0.1, 0.15) is 5.56 Å². The summed E-state index contributed by atoms with van der Waals surface area (Å²) in [6.07, 6.45) is 0.486. The lowest BCUT2D eigenvalue weighted by Gasteiger charge is -2.14. The smallest absolute Gasteiger partial charge is 0.324 e. The van der Waals surface area contributed by atoms with Crippen molar-refractivity contribution in [1.82, 2.24) is 10.2 Å². The molecule has 5 nitrogen and oxygen atoms in total. The number of imide groups is 1. The molecule has 124 valence electrons. The van der Waals surface area contributed by atoms with Crippen molar-refractivity contribution in [3.8, 4) is 5.75 Å². The monoisotopic (exact) mass is 344 g/mol. The zero-order valence-corrected chi connectivity index (χ0v) is 13.7. The highest BCUT2D eigenvalue weighted by atomic mass is 35.5. The molecule has 0 aromatic heterocycles. The van der Waals surface area contributed by atoms with Gasteiger partial charge in [-0.2, -0.15) is 0 Å². The van der Waals surface area contributed by atoms with E-state index in [1.807, 2.05) is 30.3 Å². The van der Waals surface area contributed by atoms with Crippen molar-refractivity contribution >= 4 is 23.5 Å². The maximum absolute atomic E-state index is 12.4. The minimum Gasteiger partial charge on any atom is -0.492 e. The van der Waals surface area contributed by atoms with E-state index >= 15 is 0 Å². The summed E-state index contributed by atoms with van der Waals surface area (Å²) in [6, 6.07) is 15.6. The lowest BCUT2D eigenvalue weighted by Crippen LogP contribution is -2.35.